The van der Waals surface area contributed by atoms with Crippen molar-refractivity contribution in [2.24, 2.45) is 0 Å². The zero-order valence-electron chi connectivity index (χ0n) is 16.4. The first-order valence-electron chi connectivity index (χ1n) is 9.26. The van der Waals surface area contributed by atoms with E-state index < -0.39 is 0 Å². The molecule has 0 aliphatic rings. The van der Waals surface area contributed by atoms with Gasteiger partial charge in [0.1, 0.15) is 0 Å². The number of nitrogens with one attached hydrogen (secondary N) is 4. The van der Waals surface area contributed by atoms with Crippen LogP contribution in [0.15, 0.2) is 0 Å². The molecule has 0 aromatic heterocycles. The normalized spacial score (nSPS) is 12.3. The molecule has 0 aliphatic heterocycles. The molecule has 0 bridgehead atoms. The highest BCUT2D eigenvalue weighted by Gasteiger charge is 2.09. The molecule has 0 unspecified atom stereocenters. The minimum absolute atomic E-state index is 0.528. The molecule has 140 valence electrons. The molecule has 6 nitrogen and oxygen atoms in total. The van der Waals surface area contributed by atoms with Crippen molar-refractivity contribution in [2.75, 3.05) is 66.2 Å². The van der Waals surface area contributed by atoms with E-state index in [0.29, 0.717) is 12.1 Å². The van der Waals surface area contributed by atoms with Gasteiger partial charge in [-0.05, 0) is 27.4 Å². The van der Waals surface area contributed by atoms with Crippen LogP contribution in [0.3, 0.4) is 0 Å². The second-order valence-corrected chi connectivity index (χ2v) is 6.73. The lowest BCUT2D eigenvalue weighted by Crippen LogP contribution is -2.46. The molecule has 6 heteroatoms. The molecule has 0 saturated heterocycles. The number of nitrogens with zero attached hydrogens (tertiary/aromatic N) is 2. The average molecular weight is 331 g/mol. The zero-order valence-corrected chi connectivity index (χ0v) is 16.4. The largest absolute Gasteiger partial charge is 0.316 e. The quantitative estimate of drug-likeness (QED) is 0.242. The van der Waals surface area contributed by atoms with Gasteiger partial charge in [-0.25, -0.2) is 0 Å². The van der Waals surface area contributed by atoms with E-state index >= 15 is 0 Å². The van der Waals surface area contributed by atoms with E-state index in [1.807, 2.05) is 7.05 Å². The van der Waals surface area contributed by atoms with E-state index in [4.69, 9.17) is 0 Å². The summed E-state index contributed by atoms with van der Waals surface area (Å²) in [7, 11) is 2.02. The molecule has 0 rings (SSSR count). The van der Waals surface area contributed by atoms with Gasteiger partial charge in [0, 0.05) is 64.7 Å². The summed E-state index contributed by atoms with van der Waals surface area (Å²) in [6.07, 6.45) is 0. The molecule has 0 aromatic carbocycles. The number of rotatable bonds is 16. The van der Waals surface area contributed by atoms with Crippen molar-refractivity contribution < 1.29 is 0 Å². The van der Waals surface area contributed by atoms with Gasteiger partial charge in [-0.2, -0.15) is 0 Å². The lowest BCUT2D eigenvalue weighted by Gasteiger charge is -2.28. The summed E-state index contributed by atoms with van der Waals surface area (Å²) < 4.78 is 0. The van der Waals surface area contributed by atoms with E-state index in [9.17, 15) is 0 Å². The summed E-state index contributed by atoms with van der Waals surface area (Å²) in [5, 5.41) is 13.7. The van der Waals surface area contributed by atoms with E-state index in [1.54, 1.807) is 0 Å². The van der Waals surface area contributed by atoms with Crippen molar-refractivity contribution in [3.63, 3.8) is 0 Å². The summed E-state index contributed by atoms with van der Waals surface area (Å²) in [5.74, 6) is 0. The van der Waals surface area contributed by atoms with Gasteiger partial charge in [-0.1, -0.05) is 20.8 Å². The van der Waals surface area contributed by atoms with Crippen LogP contribution < -0.4 is 21.3 Å². The first-order chi connectivity index (χ1) is 11.0. The molecular weight excluding hydrogens is 288 g/mol. The van der Waals surface area contributed by atoms with Crippen LogP contribution in [0, 0.1) is 0 Å². The first kappa shape index (κ1) is 22.8. The highest BCUT2D eigenvalue weighted by atomic mass is 15.3. The molecule has 23 heavy (non-hydrogen) atoms. The van der Waals surface area contributed by atoms with Crippen molar-refractivity contribution in [1.82, 2.24) is 31.1 Å². The predicted octanol–water partition coefficient (Wildman–Crippen LogP) is 0.330. The van der Waals surface area contributed by atoms with Gasteiger partial charge >= 0.3 is 0 Å². The Hall–Kier alpha value is -0.240. The van der Waals surface area contributed by atoms with Gasteiger partial charge < -0.3 is 21.3 Å². The van der Waals surface area contributed by atoms with Crippen LogP contribution in [0.2, 0.25) is 0 Å². The summed E-state index contributed by atoms with van der Waals surface area (Å²) in [4.78, 5) is 4.98. The summed E-state index contributed by atoms with van der Waals surface area (Å²) >= 11 is 0. The van der Waals surface area contributed by atoms with Gasteiger partial charge in [0.05, 0.1) is 0 Å². The zero-order chi connectivity index (χ0) is 17.5. The smallest absolute Gasteiger partial charge is 0.0483 e. The number of likely N-dealkylation sites (N-methyl/N-ethyl adjacent to an activating group) is 1. The van der Waals surface area contributed by atoms with Crippen LogP contribution in [-0.2, 0) is 0 Å². The maximum absolute atomic E-state index is 3.54. The van der Waals surface area contributed by atoms with E-state index in [0.717, 1.165) is 59.2 Å². The third kappa shape index (κ3) is 15.1. The highest BCUT2D eigenvalue weighted by Crippen LogP contribution is 1.92. The van der Waals surface area contributed by atoms with Gasteiger partial charge in [-0.3, -0.25) is 9.80 Å². The molecule has 0 radical (unpaired) electrons. The van der Waals surface area contributed by atoms with E-state index in [2.05, 4.69) is 65.7 Å². The third-order valence-corrected chi connectivity index (χ3v) is 3.67. The SMILES string of the molecule is CCNCCN(CCN(CCNC(C)C)CNC)CNC(C)C. The maximum atomic E-state index is 3.54. The fourth-order valence-electron chi connectivity index (χ4n) is 2.28. The van der Waals surface area contributed by atoms with Crippen LogP contribution >= 0.6 is 0 Å². The van der Waals surface area contributed by atoms with Crippen LogP contribution in [0.25, 0.3) is 0 Å². The standard InChI is InChI=1S/C17H42N6/c1-7-19-8-10-23(15-21-17(4)5)13-12-22(14-18-6)11-9-20-16(2)3/h16-21H,7-15H2,1-6H3. The molecule has 0 heterocycles. The van der Waals surface area contributed by atoms with Gasteiger partial charge in [0.25, 0.3) is 0 Å². The topological polar surface area (TPSA) is 54.6 Å². The summed E-state index contributed by atoms with van der Waals surface area (Å²) in [6.45, 7) is 20.3. The second kappa shape index (κ2) is 15.3. The van der Waals surface area contributed by atoms with Gasteiger partial charge in [0.15, 0.2) is 0 Å². The Balaban J connectivity index is 4.19. The Labute approximate surface area is 144 Å². The van der Waals surface area contributed by atoms with Crippen molar-refractivity contribution in [3.05, 3.63) is 0 Å². The average Bonchev–Trinajstić information content (AvgIpc) is 2.48. The van der Waals surface area contributed by atoms with Crippen molar-refractivity contribution in [2.45, 2.75) is 46.7 Å². The summed E-state index contributed by atoms with van der Waals surface area (Å²) in [5.41, 5.74) is 0. The third-order valence-electron chi connectivity index (χ3n) is 3.67. The summed E-state index contributed by atoms with van der Waals surface area (Å²) in [6, 6.07) is 1.08. The first-order valence-corrected chi connectivity index (χ1v) is 9.26. The molecule has 0 aromatic rings. The Morgan fingerprint density at radius 1 is 0.739 bits per heavy atom. The fourth-order valence-corrected chi connectivity index (χ4v) is 2.28. The van der Waals surface area contributed by atoms with Crippen molar-refractivity contribution >= 4 is 0 Å². The van der Waals surface area contributed by atoms with E-state index in [1.165, 1.54) is 0 Å². The molecule has 0 atom stereocenters. The Morgan fingerprint density at radius 3 is 1.83 bits per heavy atom. The lowest BCUT2D eigenvalue weighted by atomic mass is 10.3. The number of hydrogen-bond donors (Lipinski definition) is 4. The molecule has 0 saturated carbocycles. The number of hydrogen-bond acceptors (Lipinski definition) is 6. The predicted molar refractivity (Wildman–Crippen MR) is 102 cm³/mol. The van der Waals surface area contributed by atoms with Crippen LogP contribution in [0.5, 0.6) is 0 Å². The molecular formula is C17H42N6. The molecule has 0 amide bonds. The minimum Gasteiger partial charge on any atom is -0.316 e. The van der Waals surface area contributed by atoms with Crippen molar-refractivity contribution in [1.29, 1.82) is 0 Å². The highest BCUT2D eigenvalue weighted by molar-refractivity contribution is 4.66. The van der Waals surface area contributed by atoms with Gasteiger partial charge in [-0.15, -0.1) is 0 Å². The lowest BCUT2D eigenvalue weighted by molar-refractivity contribution is 0.185. The molecule has 0 spiro atoms. The maximum Gasteiger partial charge on any atom is 0.0483 e. The van der Waals surface area contributed by atoms with Crippen LogP contribution in [0.1, 0.15) is 34.6 Å². The second-order valence-electron chi connectivity index (χ2n) is 6.73. The molecule has 4 N–H and O–H groups in total. The van der Waals surface area contributed by atoms with Crippen LogP contribution in [0.4, 0.5) is 0 Å². The van der Waals surface area contributed by atoms with Crippen LogP contribution in [-0.4, -0.2) is 88.1 Å². The Kier molecular flexibility index (Phi) is 15.1. The molecule has 0 aliphatic carbocycles. The van der Waals surface area contributed by atoms with Crippen molar-refractivity contribution in [3.8, 4) is 0 Å². The fraction of sp³-hybridized carbons (Fsp3) is 1.00. The minimum atomic E-state index is 0.528. The Bertz CT molecular complexity index is 247. The van der Waals surface area contributed by atoms with Gasteiger partial charge in [0.2, 0.25) is 0 Å². The Morgan fingerprint density at radius 2 is 1.30 bits per heavy atom. The van der Waals surface area contributed by atoms with E-state index in [-0.39, 0.29) is 0 Å². The monoisotopic (exact) mass is 330 g/mol. The molecule has 0 fully saturated rings.